The van der Waals surface area contributed by atoms with Crippen LogP contribution in [0.4, 0.5) is 10.5 Å². The first-order valence-electron chi connectivity index (χ1n) is 8.61. The number of thioether (sulfide) groups is 1. The lowest BCUT2D eigenvalue weighted by Crippen LogP contribution is -2.53. The quantitative estimate of drug-likeness (QED) is 0.713. The number of nitrogens with zero attached hydrogens (tertiary/aromatic N) is 2. The second-order valence-electron chi connectivity index (χ2n) is 6.62. The van der Waals surface area contributed by atoms with E-state index in [0.29, 0.717) is 5.69 Å². The van der Waals surface area contributed by atoms with Gasteiger partial charge in [0.1, 0.15) is 0 Å². The number of hydrogen-bond acceptors (Lipinski definition) is 6. The maximum Gasteiger partial charge on any atom is 0.321 e. The summed E-state index contributed by atoms with van der Waals surface area (Å²) in [5, 5.41) is 1.97. The predicted molar refractivity (Wildman–Crippen MR) is 106 cm³/mol. The third-order valence-electron chi connectivity index (χ3n) is 4.82. The Morgan fingerprint density at radius 2 is 1.93 bits per heavy atom. The SMILES string of the molecule is CSc1cccc(NC(=O)N2CCN(S(=O)(=O)[C@H]3CCS(=O)(=O)C3)CC2)c1. The molecule has 2 fully saturated rings. The summed E-state index contributed by atoms with van der Waals surface area (Å²) in [5.41, 5.74) is 0.693. The number of amides is 2. The number of benzene rings is 1. The number of carbonyl (C=O) groups is 1. The van der Waals surface area contributed by atoms with E-state index in [0.717, 1.165) is 4.90 Å². The summed E-state index contributed by atoms with van der Waals surface area (Å²) in [7, 11) is -6.92. The fourth-order valence-corrected chi connectivity index (χ4v) is 8.23. The average molecular weight is 434 g/mol. The maximum absolute atomic E-state index is 12.7. The number of sulfonamides is 1. The molecule has 0 aromatic heterocycles. The van der Waals surface area contributed by atoms with Crippen molar-refractivity contribution >= 4 is 43.3 Å². The molecule has 2 aliphatic heterocycles. The molecule has 2 saturated heterocycles. The Morgan fingerprint density at radius 1 is 1.22 bits per heavy atom. The van der Waals surface area contributed by atoms with Crippen molar-refractivity contribution in [2.45, 2.75) is 16.6 Å². The van der Waals surface area contributed by atoms with Crippen LogP contribution in [0.2, 0.25) is 0 Å². The first-order chi connectivity index (χ1) is 12.7. The van der Waals surface area contributed by atoms with Gasteiger partial charge in [-0.25, -0.2) is 21.6 Å². The molecule has 2 heterocycles. The van der Waals surface area contributed by atoms with Gasteiger partial charge in [0.25, 0.3) is 0 Å². The number of sulfone groups is 1. The fraction of sp³-hybridized carbons (Fsp3) is 0.562. The van der Waals surface area contributed by atoms with Crippen molar-refractivity contribution in [2.24, 2.45) is 0 Å². The molecule has 0 unspecified atom stereocenters. The zero-order valence-electron chi connectivity index (χ0n) is 15.0. The molecule has 8 nitrogen and oxygen atoms in total. The summed E-state index contributed by atoms with van der Waals surface area (Å²) in [6, 6.07) is 7.23. The Hall–Kier alpha value is -1.30. The molecular formula is C16H23N3O5S3. The predicted octanol–water partition coefficient (Wildman–Crippen LogP) is 1.07. The average Bonchev–Trinajstić information content (AvgIpc) is 3.02. The second kappa shape index (κ2) is 7.98. The molecule has 1 aromatic rings. The molecule has 1 N–H and O–H groups in total. The molecule has 1 atom stereocenters. The number of rotatable bonds is 4. The van der Waals surface area contributed by atoms with Gasteiger partial charge in [-0.3, -0.25) is 0 Å². The minimum atomic E-state index is -3.66. The van der Waals surface area contributed by atoms with Gasteiger partial charge in [-0.05, 0) is 30.9 Å². The van der Waals surface area contributed by atoms with Gasteiger partial charge >= 0.3 is 6.03 Å². The minimum Gasteiger partial charge on any atom is -0.322 e. The number of anilines is 1. The summed E-state index contributed by atoms with van der Waals surface area (Å²) in [6.45, 7) is 0.897. The van der Waals surface area contributed by atoms with Crippen LogP contribution >= 0.6 is 11.8 Å². The lowest BCUT2D eigenvalue weighted by Gasteiger charge is -2.35. The highest BCUT2D eigenvalue weighted by Crippen LogP contribution is 2.23. The first kappa shape index (κ1) is 20.4. The monoisotopic (exact) mass is 433 g/mol. The Bertz CT molecular complexity index is 909. The van der Waals surface area contributed by atoms with Crippen molar-refractivity contribution in [3.63, 3.8) is 0 Å². The molecule has 0 bridgehead atoms. The lowest BCUT2D eigenvalue weighted by atomic mass is 10.3. The van der Waals surface area contributed by atoms with Crippen molar-refractivity contribution in [1.82, 2.24) is 9.21 Å². The van der Waals surface area contributed by atoms with E-state index in [2.05, 4.69) is 5.32 Å². The Morgan fingerprint density at radius 3 is 2.52 bits per heavy atom. The molecule has 0 spiro atoms. The highest BCUT2D eigenvalue weighted by atomic mass is 32.2. The molecule has 2 amide bonds. The van der Waals surface area contributed by atoms with Crippen molar-refractivity contribution in [2.75, 3.05) is 49.3 Å². The topological polar surface area (TPSA) is 104 Å². The van der Waals surface area contributed by atoms with E-state index in [4.69, 9.17) is 0 Å². The van der Waals surface area contributed by atoms with Crippen LogP contribution in [0.25, 0.3) is 0 Å². The summed E-state index contributed by atoms with van der Waals surface area (Å²) in [4.78, 5) is 15.0. The van der Waals surface area contributed by atoms with Crippen LogP contribution < -0.4 is 5.32 Å². The van der Waals surface area contributed by atoms with E-state index in [9.17, 15) is 21.6 Å². The van der Waals surface area contributed by atoms with Gasteiger partial charge in [0.15, 0.2) is 9.84 Å². The highest BCUT2D eigenvalue weighted by molar-refractivity contribution is 7.98. The van der Waals surface area contributed by atoms with Gasteiger partial charge in [0.2, 0.25) is 10.0 Å². The van der Waals surface area contributed by atoms with Gasteiger partial charge in [-0.15, -0.1) is 11.8 Å². The molecule has 0 aliphatic carbocycles. The van der Waals surface area contributed by atoms with Crippen LogP contribution in [0, 0.1) is 0 Å². The van der Waals surface area contributed by atoms with E-state index in [1.54, 1.807) is 22.7 Å². The third kappa shape index (κ3) is 4.76. The largest absolute Gasteiger partial charge is 0.322 e. The number of carbonyl (C=O) groups excluding carboxylic acids is 1. The summed E-state index contributed by atoms with van der Waals surface area (Å²) >= 11 is 1.58. The standard InChI is InChI=1S/C16H23N3O5S3/c1-25-14-4-2-3-13(11-14)17-16(20)18-6-8-19(9-7-18)27(23,24)15-5-10-26(21,22)12-15/h2-4,11,15H,5-10,12H2,1H3,(H,17,20)/t15-/m0/s1. The van der Waals surface area contributed by atoms with Gasteiger partial charge in [-0.1, -0.05) is 6.07 Å². The van der Waals surface area contributed by atoms with Crippen LogP contribution in [0.1, 0.15) is 6.42 Å². The smallest absolute Gasteiger partial charge is 0.321 e. The highest BCUT2D eigenvalue weighted by Gasteiger charge is 2.41. The summed E-state index contributed by atoms with van der Waals surface area (Å²) in [5.74, 6) is -0.379. The third-order valence-corrected chi connectivity index (χ3v) is 9.85. The van der Waals surface area contributed by atoms with E-state index in [1.165, 1.54) is 4.31 Å². The zero-order valence-corrected chi connectivity index (χ0v) is 17.4. The second-order valence-corrected chi connectivity index (χ2v) is 11.9. The number of nitrogens with one attached hydrogen (secondary N) is 1. The van der Waals surface area contributed by atoms with Gasteiger partial charge in [0, 0.05) is 36.8 Å². The normalized spacial score (nSPS) is 23.3. The molecule has 0 saturated carbocycles. The van der Waals surface area contributed by atoms with Crippen LogP contribution in [-0.4, -0.2) is 81.3 Å². The molecule has 27 heavy (non-hydrogen) atoms. The molecule has 150 valence electrons. The molecule has 1 aromatic carbocycles. The van der Waals surface area contributed by atoms with Crippen molar-refractivity contribution in [3.05, 3.63) is 24.3 Å². The number of urea groups is 1. The lowest BCUT2D eigenvalue weighted by molar-refractivity contribution is 0.184. The Labute approximate surface area is 164 Å². The molecule has 0 radical (unpaired) electrons. The van der Waals surface area contributed by atoms with Crippen LogP contribution in [0.15, 0.2) is 29.2 Å². The molecule has 11 heteroatoms. The number of piperazine rings is 1. The van der Waals surface area contributed by atoms with Gasteiger partial charge in [0.05, 0.1) is 16.8 Å². The minimum absolute atomic E-state index is 0.0750. The molecule has 2 aliphatic rings. The maximum atomic E-state index is 12.7. The van der Waals surface area contributed by atoms with E-state index < -0.39 is 25.1 Å². The van der Waals surface area contributed by atoms with Gasteiger partial charge < -0.3 is 10.2 Å². The number of hydrogen-bond donors (Lipinski definition) is 1. The van der Waals surface area contributed by atoms with Crippen molar-refractivity contribution < 1.29 is 21.6 Å². The van der Waals surface area contributed by atoms with Crippen molar-refractivity contribution in [1.29, 1.82) is 0 Å². The fourth-order valence-electron chi connectivity index (χ4n) is 3.26. The Kier molecular flexibility index (Phi) is 6.04. The van der Waals surface area contributed by atoms with Crippen LogP contribution in [0.3, 0.4) is 0 Å². The molecule has 3 rings (SSSR count). The molecular weight excluding hydrogens is 410 g/mol. The van der Waals surface area contributed by atoms with Crippen LogP contribution in [-0.2, 0) is 19.9 Å². The summed E-state index contributed by atoms with van der Waals surface area (Å²) < 4.78 is 49.8. The van der Waals surface area contributed by atoms with E-state index >= 15 is 0 Å². The van der Waals surface area contributed by atoms with Crippen molar-refractivity contribution in [3.8, 4) is 0 Å². The van der Waals surface area contributed by atoms with E-state index in [1.807, 2.05) is 24.5 Å². The summed E-state index contributed by atoms with van der Waals surface area (Å²) in [6.07, 6.45) is 2.10. The zero-order chi connectivity index (χ0) is 19.7. The first-order valence-corrected chi connectivity index (χ1v) is 13.2. The van der Waals surface area contributed by atoms with Crippen LogP contribution in [0.5, 0.6) is 0 Å². The van der Waals surface area contributed by atoms with Gasteiger partial charge in [-0.2, -0.15) is 4.31 Å². The van der Waals surface area contributed by atoms with E-state index in [-0.39, 0.29) is 50.1 Å². The Balaban J connectivity index is 1.57.